The van der Waals surface area contributed by atoms with E-state index in [1.165, 1.54) is 11.1 Å². The lowest BCUT2D eigenvalue weighted by Gasteiger charge is -2.23. The third kappa shape index (κ3) is 2.73. The average Bonchev–Trinajstić information content (AvgIpc) is 2.41. The minimum Gasteiger partial charge on any atom is -0.329 e. The van der Waals surface area contributed by atoms with Crippen molar-refractivity contribution in [3.05, 3.63) is 71.8 Å². The Labute approximate surface area is 102 Å². The molecule has 4 N–H and O–H groups in total. The van der Waals surface area contributed by atoms with Crippen LogP contribution in [0.1, 0.15) is 17.0 Å². The molecule has 2 aromatic rings. The van der Waals surface area contributed by atoms with Crippen molar-refractivity contribution in [3.8, 4) is 0 Å². The summed E-state index contributed by atoms with van der Waals surface area (Å²) in [6.45, 7) is 0.481. The Morgan fingerprint density at radius 1 is 0.765 bits per heavy atom. The van der Waals surface area contributed by atoms with Crippen LogP contribution in [0.3, 0.4) is 0 Å². The SMILES string of the molecule is NCC(N)C(c1ccccc1)c1ccccc1. The van der Waals surface area contributed by atoms with Crippen LogP contribution in [0.25, 0.3) is 0 Å². The van der Waals surface area contributed by atoms with Crippen molar-refractivity contribution in [2.75, 3.05) is 6.54 Å². The fraction of sp³-hybridized carbons (Fsp3) is 0.200. The van der Waals surface area contributed by atoms with Crippen LogP contribution in [0.5, 0.6) is 0 Å². The van der Waals surface area contributed by atoms with Crippen molar-refractivity contribution in [2.24, 2.45) is 11.5 Å². The third-order valence-corrected chi connectivity index (χ3v) is 3.02. The van der Waals surface area contributed by atoms with Crippen molar-refractivity contribution in [1.82, 2.24) is 0 Å². The molecule has 0 aromatic heterocycles. The van der Waals surface area contributed by atoms with Crippen LogP contribution in [0.2, 0.25) is 0 Å². The van der Waals surface area contributed by atoms with Crippen LogP contribution in [0.15, 0.2) is 60.7 Å². The van der Waals surface area contributed by atoms with Crippen LogP contribution in [0, 0.1) is 0 Å². The molecular formula is C15H18N2. The lowest BCUT2D eigenvalue weighted by Crippen LogP contribution is -2.36. The molecular weight excluding hydrogens is 208 g/mol. The molecule has 88 valence electrons. The summed E-state index contributed by atoms with van der Waals surface area (Å²) in [5.41, 5.74) is 14.3. The average molecular weight is 226 g/mol. The van der Waals surface area contributed by atoms with Gasteiger partial charge < -0.3 is 11.5 Å². The topological polar surface area (TPSA) is 52.0 Å². The smallest absolute Gasteiger partial charge is 0.0274 e. The minimum atomic E-state index is -0.0557. The summed E-state index contributed by atoms with van der Waals surface area (Å²) < 4.78 is 0. The molecule has 0 heterocycles. The molecule has 0 radical (unpaired) electrons. The molecule has 0 aliphatic rings. The van der Waals surface area contributed by atoms with E-state index in [-0.39, 0.29) is 12.0 Å². The molecule has 2 heteroatoms. The van der Waals surface area contributed by atoms with Crippen molar-refractivity contribution in [3.63, 3.8) is 0 Å². The molecule has 2 nitrogen and oxygen atoms in total. The summed E-state index contributed by atoms with van der Waals surface area (Å²) >= 11 is 0. The highest BCUT2D eigenvalue weighted by molar-refractivity contribution is 5.34. The second-order valence-electron chi connectivity index (χ2n) is 4.20. The molecule has 0 aliphatic heterocycles. The summed E-state index contributed by atoms with van der Waals surface area (Å²) in [7, 11) is 0. The molecule has 0 amide bonds. The van der Waals surface area contributed by atoms with Crippen LogP contribution >= 0.6 is 0 Å². The first-order valence-corrected chi connectivity index (χ1v) is 5.88. The van der Waals surface area contributed by atoms with Gasteiger partial charge in [0.25, 0.3) is 0 Å². The number of rotatable bonds is 4. The molecule has 2 aromatic carbocycles. The molecule has 1 atom stereocenters. The number of hydrogen-bond acceptors (Lipinski definition) is 2. The van der Waals surface area contributed by atoms with Gasteiger partial charge in [-0.2, -0.15) is 0 Å². The van der Waals surface area contributed by atoms with Gasteiger partial charge in [-0.25, -0.2) is 0 Å². The lowest BCUT2D eigenvalue weighted by atomic mass is 9.85. The van der Waals surface area contributed by atoms with Gasteiger partial charge in [-0.15, -0.1) is 0 Å². The number of benzene rings is 2. The van der Waals surface area contributed by atoms with Gasteiger partial charge >= 0.3 is 0 Å². The van der Waals surface area contributed by atoms with Gasteiger partial charge in [-0.05, 0) is 11.1 Å². The molecule has 0 saturated carbocycles. The van der Waals surface area contributed by atoms with Gasteiger partial charge in [0, 0.05) is 18.5 Å². The molecule has 0 aliphatic carbocycles. The van der Waals surface area contributed by atoms with Gasteiger partial charge in [0.15, 0.2) is 0 Å². The quantitative estimate of drug-likeness (QED) is 0.839. The Kier molecular flexibility index (Phi) is 3.91. The predicted octanol–water partition coefficient (Wildman–Crippen LogP) is 2.10. The third-order valence-electron chi connectivity index (χ3n) is 3.02. The zero-order valence-corrected chi connectivity index (χ0v) is 9.79. The molecule has 0 fully saturated rings. The van der Waals surface area contributed by atoms with Crippen LogP contribution in [0.4, 0.5) is 0 Å². The first-order valence-electron chi connectivity index (χ1n) is 5.88. The van der Waals surface area contributed by atoms with Gasteiger partial charge in [-0.1, -0.05) is 60.7 Å². The lowest BCUT2D eigenvalue weighted by molar-refractivity contribution is 0.603. The second kappa shape index (κ2) is 5.62. The largest absolute Gasteiger partial charge is 0.329 e. The Hall–Kier alpha value is -1.64. The monoisotopic (exact) mass is 226 g/mol. The molecule has 0 bridgehead atoms. The van der Waals surface area contributed by atoms with E-state index in [9.17, 15) is 0 Å². The Morgan fingerprint density at radius 3 is 1.53 bits per heavy atom. The second-order valence-corrected chi connectivity index (χ2v) is 4.20. The van der Waals surface area contributed by atoms with E-state index >= 15 is 0 Å². The Morgan fingerprint density at radius 2 is 1.18 bits per heavy atom. The van der Waals surface area contributed by atoms with Crippen molar-refractivity contribution < 1.29 is 0 Å². The molecule has 17 heavy (non-hydrogen) atoms. The van der Waals surface area contributed by atoms with E-state index in [4.69, 9.17) is 11.5 Å². The maximum atomic E-state index is 6.16. The standard InChI is InChI=1S/C15H18N2/c16-11-14(17)15(12-7-3-1-4-8-12)13-9-5-2-6-10-13/h1-10,14-15H,11,16-17H2. The van der Waals surface area contributed by atoms with E-state index in [0.717, 1.165) is 0 Å². The highest BCUT2D eigenvalue weighted by atomic mass is 14.7. The Balaban J connectivity index is 2.39. The van der Waals surface area contributed by atoms with Gasteiger partial charge in [0.1, 0.15) is 0 Å². The Bertz CT molecular complexity index is 399. The van der Waals surface area contributed by atoms with Gasteiger partial charge in [0.2, 0.25) is 0 Å². The normalized spacial score (nSPS) is 12.6. The zero-order valence-electron chi connectivity index (χ0n) is 9.79. The maximum Gasteiger partial charge on any atom is 0.0274 e. The summed E-state index contributed by atoms with van der Waals surface area (Å²) in [4.78, 5) is 0. The van der Waals surface area contributed by atoms with Gasteiger partial charge in [0.05, 0.1) is 0 Å². The van der Waals surface area contributed by atoms with E-state index in [1.54, 1.807) is 0 Å². The van der Waals surface area contributed by atoms with Crippen molar-refractivity contribution in [2.45, 2.75) is 12.0 Å². The van der Waals surface area contributed by atoms with Crippen molar-refractivity contribution >= 4 is 0 Å². The van der Waals surface area contributed by atoms with Crippen LogP contribution in [-0.4, -0.2) is 12.6 Å². The highest BCUT2D eigenvalue weighted by Crippen LogP contribution is 2.26. The molecule has 1 unspecified atom stereocenters. The fourth-order valence-electron chi connectivity index (χ4n) is 2.14. The molecule has 2 rings (SSSR count). The first kappa shape index (κ1) is 11.8. The maximum absolute atomic E-state index is 6.16. The molecule has 0 spiro atoms. The summed E-state index contributed by atoms with van der Waals surface area (Å²) in [5, 5.41) is 0. The zero-order chi connectivity index (χ0) is 12.1. The minimum absolute atomic E-state index is 0.0557. The van der Waals surface area contributed by atoms with E-state index in [0.29, 0.717) is 6.54 Å². The van der Waals surface area contributed by atoms with Crippen LogP contribution < -0.4 is 11.5 Å². The predicted molar refractivity (Wildman–Crippen MR) is 71.8 cm³/mol. The highest BCUT2D eigenvalue weighted by Gasteiger charge is 2.20. The van der Waals surface area contributed by atoms with Gasteiger partial charge in [-0.3, -0.25) is 0 Å². The number of nitrogens with two attached hydrogens (primary N) is 2. The van der Waals surface area contributed by atoms with Crippen LogP contribution in [-0.2, 0) is 0 Å². The summed E-state index contributed by atoms with van der Waals surface area (Å²) in [6.07, 6.45) is 0. The summed E-state index contributed by atoms with van der Waals surface area (Å²) in [5.74, 6) is 0.169. The van der Waals surface area contributed by atoms with E-state index < -0.39 is 0 Å². The van der Waals surface area contributed by atoms with E-state index in [2.05, 4.69) is 24.3 Å². The van der Waals surface area contributed by atoms with E-state index in [1.807, 2.05) is 36.4 Å². The fourth-order valence-corrected chi connectivity index (χ4v) is 2.14. The number of hydrogen-bond donors (Lipinski definition) is 2. The van der Waals surface area contributed by atoms with Crippen molar-refractivity contribution in [1.29, 1.82) is 0 Å². The first-order chi connectivity index (χ1) is 8.33. The molecule has 0 saturated heterocycles. The summed E-state index contributed by atoms with van der Waals surface area (Å²) in [6, 6.07) is 20.5.